The topological polar surface area (TPSA) is 41.1 Å². The Hall–Kier alpha value is -0.220. The largest absolute Gasteiger partial charge is 0.354 e. The smallest absolute Gasteiger partial charge is 0.238 e. The number of carbonyl (C=O) groups excluding carboxylic acids is 1. The molecule has 2 fully saturated rings. The van der Waals surface area contributed by atoms with Gasteiger partial charge in [-0.15, -0.1) is 0 Å². The Balaban J connectivity index is 1.63. The molecule has 2 N–H and O–H groups in total. The molecule has 1 heterocycles. The molecule has 0 aromatic heterocycles. The van der Waals surface area contributed by atoms with Gasteiger partial charge < -0.3 is 10.6 Å². The first-order chi connectivity index (χ1) is 8.79. The van der Waals surface area contributed by atoms with Crippen molar-refractivity contribution in [1.29, 1.82) is 0 Å². The van der Waals surface area contributed by atoms with E-state index in [0.29, 0.717) is 5.92 Å². The molecule has 1 atom stereocenters. The van der Waals surface area contributed by atoms with Crippen molar-refractivity contribution in [2.24, 2.45) is 11.8 Å². The van der Waals surface area contributed by atoms with Crippen LogP contribution in [-0.4, -0.2) is 36.5 Å². The third kappa shape index (κ3) is 4.16. The van der Waals surface area contributed by atoms with Gasteiger partial charge in [0.15, 0.2) is 0 Å². The van der Waals surface area contributed by atoms with Crippen LogP contribution in [0.15, 0.2) is 0 Å². The van der Waals surface area contributed by atoms with Gasteiger partial charge in [-0.2, -0.15) is 11.8 Å². The number of carbonyl (C=O) groups is 1. The fraction of sp³-hybridized carbons (Fsp3) is 0.929. The van der Waals surface area contributed by atoms with E-state index in [-0.39, 0.29) is 11.9 Å². The van der Waals surface area contributed by atoms with E-state index in [9.17, 15) is 4.79 Å². The molecule has 1 saturated carbocycles. The molecule has 0 aromatic carbocycles. The summed E-state index contributed by atoms with van der Waals surface area (Å²) in [7, 11) is 0. The van der Waals surface area contributed by atoms with Crippen LogP contribution in [0.2, 0.25) is 0 Å². The molecule has 1 saturated heterocycles. The maximum absolute atomic E-state index is 12.0. The average Bonchev–Trinajstić information content (AvgIpc) is 2.46. The van der Waals surface area contributed by atoms with Crippen molar-refractivity contribution in [3.63, 3.8) is 0 Å². The SMILES string of the molecule is CCC1CCC(CNC(=O)C2CSCCN2)CC1. The fourth-order valence-electron chi connectivity index (χ4n) is 2.95. The van der Waals surface area contributed by atoms with Crippen LogP contribution >= 0.6 is 11.8 Å². The van der Waals surface area contributed by atoms with Gasteiger partial charge in [0.25, 0.3) is 0 Å². The molecule has 1 aliphatic carbocycles. The molecule has 3 nitrogen and oxygen atoms in total. The molecule has 0 aromatic rings. The summed E-state index contributed by atoms with van der Waals surface area (Å²) in [4.78, 5) is 12.0. The minimum atomic E-state index is 0.0377. The zero-order valence-corrected chi connectivity index (χ0v) is 12.2. The normalized spacial score (nSPS) is 33.1. The molecule has 2 rings (SSSR count). The molecule has 1 unspecified atom stereocenters. The number of hydrogen-bond acceptors (Lipinski definition) is 3. The standard InChI is InChI=1S/C14H26N2OS/c1-2-11-3-5-12(6-4-11)9-16-14(17)13-10-18-8-7-15-13/h11-13,15H,2-10H2,1H3,(H,16,17). The van der Waals surface area contributed by atoms with Crippen molar-refractivity contribution >= 4 is 17.7 Å². The second-order valence-corrected chi connectivity index (χ2v) is 6.77. The number of nitrogens with one attached hydrogen (secondary N) is 2. The Bertz CT molecular complexity index is 259. The van der Waals surface area contributed by atoms with E-state index in [1.807, 2.05) is 11.8 Å². The van der Waals surface area contributed by atoms with Crippen LogP contribution in [-0.2, 0) is 4.79 Å². The van der Waals surface area contributed by atoms with E-state index in [0.717, 1.165) is 30.5 Å². The predicted molar refractivity (Wildman–Crippen MR) is 77.9 cm³/mol. The highest BCUT2D eigenvalue weighted by Gasteiger charge is 2.23. The van der Waals surface area contributed by atoms with E-state index in [2.05, 4.69) is 17.6 Å². The highest BCUT2D eigenvalue weighted by molar-refractivity contribution is 7.99. The summed E-state index contributed by atoms with van der Waals surface area (Å²) >= 11 is 1.87. The van der Waals surface area contributed by atoms with Crippen molar-refractivity contribution in [2.45, 2.75) is 45.1 Å². The molecule has 0 spiro atoms. The van der Waals surface area contributed by atoms with E-state index >= 15 is 0 Å². The van der Waals surface area contributed by atoms with Crippen LogP contribution in [0.3, 0.4) is 0 Å². The second-order valence-electron chi connectivity index (χ2n) is 5.62. The third-order valence-electron chi connectivity index (χ3n) is 4.35. The Morgan fingerprint density at radius 1 is 1.28 bits per heavy atom. The Labute approximate surface area is 115 Å². The summed E-state index contributed by atoms with van der Waals surface area (Å²) in [5.74, 6) is 3.92. The number of amides is 1. The highest BCUT2D eigenvalue weighted by atomic mass is 32.2. The van der Waals surface area contributed by atoms with Gasteiger partial charge in [-0.1, -0.05) is 26.2 Å². The lowest BCUT2D eigenvalue weighted by Crippen LogP contribution is -2.49. The molecule has 1 amide bonds. The van der Waals surface area contributed by atoms with Crippen LogP contribution in [0.25, 0.3) is 0 Å². The lowest BCUT2D eigenvalue weighted by Gasteiger charge is -2.29. The monoisotopic (exact) mass is 270 g/mol. The van der Waals surface area contributed by atoms with Gasteiger partial charge in [-0.25, -0.2) is 0 Å². The van der Waals surface area contributed by atoms with E-state index < -0.39 is 0 Å². The van der Waals surface area contributed by atoms with Crippen molar-refractivity contribution in [1.82, 2.24) is 10.6 Å². The lowest BCUT2D eigenvalue weighted by atomic mass is 9.81. The van der Waals surface area contributed by atoms with Crippen molar-refractivity contribution in [2.75, 3.05) is 24.6 Å². The zero-order chi connectivity index (χ0) is 12.8. The summed E-state index contributed by atoms with van der Waals surface area (Å²) in [6, 6.07) is 0.0377. The highest BCUT2D eigenvalue weighted by Crippen LogP contribution is 2.30. The maximum atomic E-state index is 12.0. The van der Waals surface area contributed by atoms with Crippen molar-refractivity contribution in [3.05, 3.63) is 0 Å². The molecule has 4 heteroatoms. The Morgan fingerprint density at radius 2 is 2.00 bits per heavy atom. The van der Waals surface area contributed by atoms with Crippen LogP contribution < -0.4 is 10.6 Å². The summed E-state index contributed by atoms with van der Waals surface area (Å²) in [5, 5.41) is 6.43. The number of thioether (sulfide) groups is 1. The molecule has 18 heavy (non-hydrogen) atoms. The van der Waals surface area contributed by atoms with E-state index in [1.54, 1.807) is 0 Å². The lowest BCUT2D eigenvalue weighted by molar-refractivity contribution is -0.122. The fourth-order valence-corrected chi connectivity index (χ4v) is 3.88. The molecule has 0 bridgehead atoms. The van der Waals surface area contributed by atoms with Gasteiger partial charge in [-0.05, 0) is 24.7 Å². The van der Waals surface area contributed by atoms with Crippen LogP contribution in [0.1, 0.15) is 39.0 Å². The maximum Gasteiger partial charge on any atom is 0.238 e. The molecule has 1 aliphatic heterocycles. The molecular weight excluding hydrogens is 244 g/mol. The summed E-state index contributed by atoms with van der Waals surface area (Å²) in [6.07, 6.45) is 6.63. The first-order valence-electron chi connectivity index (χ1n) is 7.38. The first kappa shape index (κ1) is 14.2. The minimum absolute atomic E-state index is 0.0377. The predicted octanol–water partition coefficient (Wildman–Crippen LogP) is 2.02. The Kier molecular flexibility index (Phi) is 5.83. The van der Waals surface area contributed by atoms with E-state index in [1.165, 1.54) is 32.1 Å². The van der Waals surface area contributed by atoms with E-state index in [4.69, 9.17) is 0 Å². The van der Waals surface area contributed by atoms with Gasteiger partial charge in [-0.3, -0.25) is 4.79 Å². The third-order valence-corrected chi connectivity index (χ3v) is 5.41. The molecule has 104 valence electrons. The molecular formula is C14H26N2OS. The van der Waals surface area contributed by atoms with Crippen molar-refractivity contribution in [3.8, 4) is 0 Å². The second kappa shape index (κ2) is 7.39. The van der Waals surface area contributed by atoms with Crippen molar-refractivity contribution < 1.29 is 4.79 Å². The number of rotatable bonds is 4. The average molecular weight is 270 g/mol. The first-order valence-corrected chi connectivity index (χ1v) is 8.54. The molecule has 0 radical (unpaired) electrons. The summed E-state index contributed by atoms with van der Waals surface area (Å²) in [5.41, 5.74) is 0. The quantitative estimate of drug-likeness (QED) is 0.821. The summed E-state index contributed by atoms with van der Waals surface area (Å²) in [6.45, 7) is 4.14. The number of hydrogen-bond donors (Lipinski definition) is 2. The van der Waals surface area contributed by atoms with Gasteiger partial charge in [0.05, 0.1) is 6.04 Å². The van der Waals surface area contributed by atoms with Gasteiger partial charge in [0.2, 0.25) is 5.91 Å². The van der Waals surface area contributed by atoms with Crippen LogP contribution in [0.4, 0.5) is 0 Å². The van der Waals surface area contributed by atoms with Gasteiger partial charge in [0.1, 0.15) is 0 Å². The van der Waals surface area contributed by atoms with Gasteiger partial charge in [0, 0.05) is 24.6 Å². The summed E-state index contributed by atoms with van der Waals surface area (Å²) < 4.78 is 0. The molecule has 2 aliphatic rings. The minimum Gasteiger partial charge on any atom is -0.354 e. The van der Waals surface area contributed by atoms with Crippen LogP contribution in [0, 0.1) is 11.8 Å². The zero-order valence-electron chi connectivity index (χ0n) is 11.4. The van der Waals surface area contributed by atoms with Gasteiger partial charge >= 0.3 is 0 Å². The van der Waals surface area contributed by atoms with Crippen LogP contribution in [0.5, 0.6) is 0 Å². The Morgan fingerprint density at radius 3 is 2.61 bits per heavy atom.